The zero-order valence-electron chi connectivity index (χ0n) is 12.7. The lowest BCUT2D eigenvalue weighted by Crippen LogP contribution is -2.61. The number of fused-ring (bicyclic) bond motifs is 1. The van der Waals surface area contributed by atoms with Crippen LogP contribution in [0.2, 0.25) is 0 Å². The van der Waals surface area contributed by atoms with E-state index in [0.717, 1.165) is 5.57 Å². The first-order valence-electron chi connectivity index (χ1n) is 7.12. The van der Waals surface area contributed by atoms with Crippen LogP contribution in [-0.2, 0) is 9.59 Å². The number of carbonyl (C=O) groups is 2. The maximum Gasteiger partial charge on any atom is 0.249 e. The molecule has 23 heavy (non-hydrogen) atoms. The number of carbonyl (C=O) groups excluding carboxylic acids is 2. The molecule has 2 amide bonds. The van der Waals surface area contributed by atoms with Gasteiger partial charge in [0, 0.05) is 5.69 Å². The average molecular weight is 317 g/mol. The fraction of sp³-hybridized carbons (Fsp3) is 0.267. The summed E-state index contributed by atoms with van der Waals surface area (Å²) in [6, 6.07) is 4.81. The highest BCUT2D eigenvalue weighted by molar-refractivity contribution is 6.07. The molecule has 120 valence electrons. The van der Waals surface area contributed by atoms with Crippen molar-refractivity contribution in [3.63, 3.8) is 0 Å². The number of nitrogens with one attached hydrogen (secondary N) is 3. The van der Waals surface area contributed by atoms with Crippen LogP contribution in [0, 0.1) is 5.82 Å². The van der Waals surface area contributed by atoms with E-state index in [1.165, 1.54) is 23.2 Å². The van der Waals surface area contributed by atoms with Gasteiger partial charge in [-0.1, -0.05) is 6.07 Å². The molecule has 0 unspecified atom stereocenters. The molecule has 0 radical (unpaired) electrons. The van der Waals surface area contributed by atoms with Gasteiger partial charge in [0.05, 0.1) is 6.42 Å². The topological polar surface area (TPSA) is 85.8 Å². The molecule has 1 atom stereocenters. The number of hydrazine groups is 1. The van der Waals surface area contributed by atoms with Crippen LogP contribution in [0.5, 0.6) is 0 Å². The second kappa shape index (κ2) is 5.71. The molecule has 0 bridgehead atoms. The van der Waals surface area contributed by atoms with E-state index < -0.39 is 17.8 Å². The van der Waals surface area contributed by atoms with Gasteiger partial charge in [0.1, 0.15) is 17.7 Å². The van der Waals surface area contributed by atoms with Crippen LogP contribution >= 0.6 is 0 Å². The summed E-state index contributed by atoms with van der Waals surface area (Å²) in [5.41, 5.74) is 4.26. The first-order valence-corrected chi connectivity index (χ1v) is 7.12. The van der Waals surface area contributed by atoms with Gasteiger partial charge in [-0.25, -0.2) is 9.40 Å². The van der Waals surface area contributed by atoms with Gasteiger partial charge in [-0.3, -0.25) is 20.3 Å². The van der Waals surface area contributed by atoms with Gasteiger partial charge in [-0.05, 0) is 37.6 Å². The third kappa shape index (κ3) is 3.01. The van der Waals surface area contributed by atoms with E-state index in [4.69, 9.17) is 0 Å². The summed E-state index contributed by atoms with van der Waals surface area (Å²) in [4.78, 5) is 28.5. The SMILES string of the molecule is CC(C)=C1N=C2NC(=O)C[C@H](C(=O)Nc3cccc(F)c3)N2N1. The minimum absolute atomic E-state index is 0.0246. The fourth-order valence-corrected chi connectivity index (χ4v) is 2.33. The number of nitrogens with zero attached hydrogens (tertiary/aromatic N) is 2. The molecule has 8 heteroatoms. The Hall–Kier alpha value is -2.90. The van der Waals surface area contributed by atoms with Crippen molar-refractivity contribution in [2.45, 2.75) is 26.3 Å². The molecule has 0 aliphatic carbocycles. The standard InChI is InChI=1S/C15H16FN5O2/c1-8(2)13-19-15-18-12(22)7-11(21(15)20-13)14(23)17-10-5-3-4-9(16)6-10/h3-6,11,20H,7H2,1-2H3,(H,17,23)(H,18,19,22)/t11-/m1/s1. The lowest BCUT2D eigenvalue weighted by molar-refractivity contribution is -0.129. The average Bonchev–Trinajstić information content (AvgIpc) is 2.90. The molecule has 2 aliphatic heterocycles. The zero-order chi connectivity index (χ0) is 16.6. The number of hydrogen-bond acceptors (Lipinski definition) is 5. The van der Waals surface area contributed by atoms with Crippen molar-refractivity contribution in [3.05, 3.63) is 41.5 Å². The number of allylic oxidation sites excluding steroid dienone is 1. The number of benzene rings is 1. The highest BCUT2D eigenvalue weighted by atomic mass is 19.1. The highest BCUT2D eigenvalue weighted by Crippen LogP contribution is 2.19. The Morgan fingerprint density at radius 3 is 2.91 bits per heavy atom. The van der Waals surface area contributed by atoms with Gasteiger partial charge in [-0.2, -0.15) is 4.99 Å². The van der Waals surface area contributed by atoms with Gasteiger partial charge in [0.15, 0.2) is 0 Å². The normalized spacial score (nSPS) is 19.5. The van der Waals surface area contributed by atoms with Crippen LogP contribution in [0.15, 0.2) is 40.7 Å². The van der Waals surface area contributed by atoms with Gasteiger partial charge < -0.3 is 5.32 Å². The summed E-state index contributed by atoms with van der Waals surface area (Å²) in [6.07, 6.45) is -0.0246. The third-order valence-electron chi connectivity index (χ3n) is 3.48. The first kappa shape index (κ1) is 15.0. The Labute approximate surface area is 132 Å². The van der Waals surface area contributed by atoms with Crippen molar-refractivity contribution in [1.29, 1.82) is 0 Å². The van der Waals surface area contributed by atoms with E-state index in [1.54, 1.807) is 6.07 Å². The minimum Gasteiger partial charge on any atom is -0.324 e. The number of anilines is 1. The van der Waals surface area contributed by atoms with E-state index in [1.807, 2.05) is 13.8 Å². The highest BCUT2D eigenvalue weighted by Gasteiger charge is 2.39. The Balaban J connectivity index is 1.81. The molecule has 3 rings (SSSR count). The van der Waals surface area contributed by atoms with E-state index in [0.29, 0.717) is 11.5 Å². The molecular weight excluding hydrogens is 301 g/mol. The Morgan fingerprint density at radius 2 is 2.22 bits per heavy atom. The summed E-state index contributed by atoms with van der Waals surface area (Å²) >= 11 is 0. The quantitative estimate of drug-likeness (QED) is 0.762. The molecule has 2 heterocycles. The van der Waals surface area contributed by atoms with Crippen LogP contribution in [0.1, 0.15) is 20.3 Å². The summed E-state index contributed by atoms with van der Waals surface area (Å²) in [7, 11) is 0. The van der Waals surface area contributed by atoms with Gasteiger partial charge in [0.2, 0.25) is 17.8 Å². The smallest absolute Gasteiger partial charge is 0.249 e. The van der Waals surface area contributed by atoms with E-state index in [9.17, 15) is 14.0 Å². The molecule has 0 saturated carbocycles. The predicted octanol–water partition coefficient (Wildman–Crippen LogP) is 1.08. The number of guanidine groups is 1. The van der Waals surface area contributed by atoms with Gasteiger partial charge >= 0.3 is 0 Å². The van der Waals surface area contributed by atoms with Crippen molar-refractivity contribution < 1.29 is 14.0 Å². The number of amides is 2. The maximum atomic E-state index is 13.2. The molecule has 7 nitrogen and oxygen atoms in total. The molecule has 1 aromatic carbocycles. The van der Waals surface area contributed by atoms with Gasteiger partial charge in [0.25, 0.3) is 0 Å². The molecule has 1 fully saturated rings. The largest absolute Gasteiger partial charge is 0.324 e. The van der Waals surface area contributed by atoms with Crippen molar-refractivity contribution in [2.24, 2.45) is 4.99 Å². The number of aliphatic imine (C=N–C) groups is 1. The Morgan fingerprint density at radius 1 is 1.43 bits per heavy atom. The Kier molecular flexibility index (Phi) is 3.73. The summed E-state index contributed by atoms with van der Waals surface area (Å²) in [5.74, 6) is -0.281. The second-order valence-corrected chi connectivity index (χ2v) is 5.53. The van der Waals surface area contributed by atoms with Crippen molar-refractivity contribution in [1.82, 2.24) is 15.8 Å². The van der Waals surface area contributed by atoms with Crippen LogP contribution in [-0.4, -0.2) is 28.8 Å². The third-order valence-corrected chi connectivity index (χ3v) is 3.48. The van der Waals surface area contributed by atoms with Crippen molar-refractivity contribution in [3.8, 4) is 0 Å². The fourth-order valence-electron chi connectivity index (χ4n) is 2.33. The molecule has 0 spiro atoms. The van der Waals surface area contributed by atoms with E-state index in [2.05, 4.69) is 21.1 Å². The second-order valence-electron chi connectivity index (χ2n) is 5.53. The van der Waals surface area contributed by atoms with Crippen molar-refractivity contribution >= 4 is 23.5 Å². The number of hydrogen-bond donors (Lipinski definition) is 3. The molecular formula is C15H16FN5O2. The summed E-state index contributed by atoms with van der Waals surface area (Å²) in [5, 5.41) is 6.75. The summed E-state index contributed by atoms with van der Waals surface area (Å²) < 4.78 is 13.2. The predicted molar refractivity (Wildman–Crippen MR) is 82.4 cm³/mol. The molecule has 2 aliphatic rings. The Bertz CT molecular complexity index is 739. The van der Waals surface area contributed by atoms with Crippen LogP contribution < -0.4 is 16.1 Å². The van der Waals surface area contributed by atoms with Crippen molar-refractivity contribution in [2.75, 3.05) is 5.32 Å². The lowest BCUT2D eigenvalue weighted by Gasteiger charge is -2.32. The van der Waals surface area contributed by atoms with Gasteiger partial charge in [-0.15, -0.1) is 0 Å². The lowest BCUT2D eigenvalue weighted by atomic mass is 10.1. The van der Waals surface area contributed by atoms with Crippen LogP contribution in [0.4, 0.5) is 10.1 Å². The number of halogens is 1. The monoisotopic (exact) mass is 317 g/mol. The first-order chi connectivity index (χ1) is 10.9. The molecule has 1 aromatic rings. The maximum absolute atomic E-state index is 13.2. The number of rotatable bonds is 2. The zero-order valence-corrected chi connectivity index (χ0v) is 12.7. The van der Waals surface area contributed by atoms with Crippen LogP contribution in [0.3, 0.4) is 0 Å². The molecule has 1 saturated heterocycles. The molecule has 0 aromatic heterocycles. The summed E-state index contributed by atoms with van der Waals surface area (Å²) in [6.45, 7) is 3.74. The van der Waals surface area contributed by atoms with E-state index in [-0.39, 0.29) is 18.3 Å². The van der Waals surface area contributed by atoms with E-state index >= 15 is 0 Å². The minimum atomic E-state index is -0.775. The van der Waals surface area contributed by atoms with Crippen LogP contribution in [0.25, 0.3) is 0 Å². The molecule has 3 N–H and O–H groups in total.